The molecule has 5 rings (SSSR count). The summed E-state index contributed by atoms with van der Waals surface area (Å²) in [6.45, 7) is 3.40. The lowest BCUT2D eigenvalue weighted by Gasteiger charge is -2.35. The van der Waals surface area contributed by atoms with Crippen molar-refractivity contribution in [1.82, 2.24) is 20.2 Å². The third kappa shape index (κ3) is 4.82. The van der Waals surface area contributed by atoms with E-state index >= 15 is 0 Å². The lowest BCUT2D eigenvalue weighted by molar-refractivity contribution is -0.137. The number of anilines is 2. The lowest BCUT2D eigenvalue weighted by Crippen LogP contribution is -2.53. The number of nitrogens with one attached hydrogen (secondary N) is 2. The molecular weight excluding hydrogens is 422 g/mol. The van der Waals surface area contributed by atoms with Crippen LogP contribution in [0.1, 0.15) is 24.5 Å². The summed E-state index contributed by atoms with van der Waals surface area (Å²) in [6.07, 6.45) is 3.74. The van der Waals surface area contributed by atoms with Crippen LogP contribution in [-0.4, -0.2) is 59.7 Å². The molecule has 1 unspecified atom stereocenters. The molecule has 32 heavy (non-hydrogen) atoms. The summed E-state index contributed by atoms with van der Waals surface area (Å²) in [5.41, 5.74) is 2.23. The first-order chi connectivity index (χ1) is 15.8. The van der Waals surface area contributed by atoms with E-state index in [-0.39, 0.29) is 11.9 Å². The molecule has 2 saturated heterocycles. The van der Waals surface area contributed by atoms with Crippen LogP contribution in [0.15, 0.2) is 54.7 Å². The first kappa shape index (κ1) is 21.1. The maximum atomic E-state index is 12.7. The molecule has 0 spiro atoms. The number of likely N-dealkylation sites (tertiary alicyclic amines) is 1. The highest BCUT2D eigenvalue weighted by atomic mass is 32.1. The average molecular weight is 450 g/mol. The van der Waals surface area contributed by atoms with E-state index in [4.69, 9.17) is 9.72 Å². The summed E-state index contributed by atoms with van der Waals surface area (Å²) in [4.78, 5) is 25.2. The van der Waals surface area contributed by atoms with Crippen molar-refractivity contribution in [2.24, 2.45) is 0 Å². The maximum absolute atomic E-state index is 12.7. The Hall–Kier alpha value is -2.81. The largest absolute Gasteiger partial charge is 0.378 e. The number of hydrogen-bond acceptors (Lipinski definition) is 7. The lowest BCUT2D eigenvalue weighted by atomic mass is 9.92. The van der Waals surface area contributed by atoms with Crippen molar-refractivity contribution in [3.05, 3.63) is 60.4 Å². The van der Waals surface area contributed by atoms with E-state index in [1.807, 2.05) is 41.4 Å². The van der Waals surface area contributed by atoms with Crippen LogP contribution in [0.4, 0.5) is 10.9 Å². The molecule has 0 aliphatic carbocycles. The van der Waals surface area contributed by atoms with Crippen LogP contribution in [0, 0.1) is 0 Å². The van der Waals surface area contributed by atoms with Gasteiger partial charge in [-0.05, 0) is 30.5 Å². The summed E-state index contributed by atoms with van der Waals surface area (Å²) in [7, 11) is 0. The van der Waals surface area contributed by atoms with Crippen molar-refractivity contribution in [2.75, 3.05) is 38.2 Å². The highest BCUT2D eigenvalue weighted by Gasteiger charge is 2.30. The van der Waals surface area contributed by atoms with Gasteiger partial charge >= 0.3 is 0 Å². The second kappa shape index (κ2) is 9.77. The van der Waals surface area contributed by atoms with Crippen LogP contribution in [0.5, 0.6) is 0 Å². The van der Waals surface area contributed by atoms with Crippen LogP contribution in [-0.2, 0) is 9.53 Å². The highest BCUT2D eigenvalue weighted by molar-refractivity contribution is 7.18. The monoisotopic (exact) mass is 449 g/mol. The van der Waals surface area contributed by atoms with Crippen LogP contribution < -0.4 is 10.6 Å². The maximum Gasteiger partial charge on any atom is 0.242 e. The van der Waals surface area contributed by atoms with Gasteiger partial charge in [-0.3, -0.25) is 4.79 Å². The molecule has 2 aliphatic heterocycles. The Morgan fingerprint density at radius 3 is 2.75 bits per heavy atom. The van der Waals surface area contributed by atoms with Gasteiger partial charge in [0.2, 0.25) is 5.91 Å². The molecule has 2 fully saturated rings. The van der Waals surface area contributed by atoms with Crippen molar-refractivity contribution >= 4 is 28.2 Å². The topological polar surface area (TPSA) is 79.4 Å². The Bertz CT molecular complexity index is 1040. The Morgan fingerprint density at radius 1 is 1.12 bits per heavy atom. The number of ether oxygens (including phenoxy) is 1. The molecular formula is C24H27N5O2S. The van der Waals surface area contributed by atoms with Gasteiger partial charge in [-0.15, -0.1) is 0 Å². The zero-order chi connectivity index (χ0) is 21.8. The molecule has 166 valence electrons. The fourth-order valence-corrected chi connectivity index (χ4v) is 5.09. The van der Waals surface area contributed by atoms with E-state index in [0.29, 0.717) is 19.1 Å². The summed E-state index contributed by atoms with van der Waals surface area (Å²) in [5, 5.41) is 7.44. The normalized spacial score (nSPS) is 19.6. The minimum Gasteiger partial charge on any atom is -0.378 e. The Balaban J connectivity index is 1.20. The fourth-order valence-electron chi connectivity index (χ4n) is 4.27. The number of rotatable bonds is 5. The molecule has 0 saturated carbocycles. The van der Waals surface area contributed by atoms with Gasteiger partial charge in [0.15, 0.2) is 5.13 Å². The SMILES string of the molecule is O=C(C1COCCN1)N1CCC(c2cccc(Nc3ncc(-c4ccccc4)s3)n2)CC1. The number of nitrogens with zero attached hydrogens (tertiary/aromatic N) is 3. The van der Waals surface area contributed by atoms with E-state index in [1.54, 1.807) is 11.3 Å². The minimum atomic E-state index is -0.204. The van der Waals surface area contributed by atoms with E-state index in [9.17, 15) is 4.79 Å². The third-order valence-electron chi connectivity index (χ3n) is 6.01. The van der Waals surface area contributed by atoms with Crippen molar-refractivity contribution < 1.29 is 9.53 Å². The Labute approximate surface area is 191 Å². The number of hydrogen-bond donors (Lipinski definition) is 2. The Morgan fingerprint density at radius 2 is 1.97 bits per heavy atom. The van der Waals surface area contributed by atoms with E-state index in [0.717, 1.165) is 59.6 Å². The average Bonchev–Trinajstić information content (AvgIpc) is 3.33. The molecule has 1 atom stereocenters. The van der Waals surface area contributed by atoms with Gasteiger partial charge in [0.1, 0.15) is 11.9 Å². The minimum absolute atomic E-state index is 0.157. The Kier molecular flexibility index (Phi) is 6.43. The second-order valence-electron chi connectivity index (χ2n) is 8.15. The number of carbonyl (C=O) groups excluding carboxylic acids is 1. The van der Waals surface area contributed by atoms with Gasteiger partial charge in [-0.1, -0.05) is 47.7 Å². The van der Waals surface area contributed by atoms with Crippen LogP contribution >= 0.6 is 11.3 Å². The van der Waals surface area contributed by atoms with Crippen molar-refractivity contribution in [3.63, 3.8) is 0 Å². The third-order valence-corrected chi connectivity index (χ3v) is 6.98. The molecule has 0 bridgehead atoms. The number of thiazole rings is 1. The molecule has 2 N–H and O–H groups in total. The molecule has 2 aromatic heterocycles. The number of piperidine rings is 1. The molecule has 4 heterocycles. The van der Waals surface area contributed by atoms with Gasteiger partial charge in [0.25, 0.3) is 0 Å². The zero-order valence-electron chi connectivity index (χ0n) is 17.9. The van der Waals surface area contributed by atoms with Gasteiger partial charge in [-0.2, -0.15) is 0 Å². The number of carbonyl (C=O) groups is 1. The number of pyridine rings is 1. The first-order valence-electron chi connectivity index (χ1n) is 11.1. The summed E-state index contributed by atoms with van der Waals surface area (Å²) in [5.74, 6) is 1.32. The molecule has 2 aliphatic rings. The molecule has 0 radical (unpaired) electrons. The molecule has 3 aromatic rings. The number of morpholine rings is 1. The fraction of sp³-hybridized carbons (Fsp3) is 0.375. The summed E-state index contributed by atoms with van der Waals surface area (Å²) < 4.78 is 5.44. The number of benzene rings is 1. The van der Waals surface area contributed by atoms with Crippen molar-refractivity contribution in [1.29, 1.82) is 0 Å². The second-order valence-corrected chi connectivity index (χ2v) is 9.18. The standard InChI is InChI=1S/C24H27N5O2S/c30-23(20-16-31-14-11-25-20)29-12-9-17(10-13-29)19-7-4-8-22(27-19)28-24-26-15-21(32-24)18-5-2-1-3-6-18/h1-8,15,17,20,25H,9-14,16H2,(H,26,27,28). The smallest absolute Gasteiger partial charge is 0.242 e. The zero-order valence-corrected chi connectivity index (χ0v) is 18.7. The predicted octanol–water partition coefficient (Wildman–Crippen LogP) is 3.64. The predicted molar refractivity (Wildman–Crippen MR) is 126 cm³/mol. The van der Waals surface area contributed by atoms with E-state index in [2.05, 4.69) is 33.8 Å². The van der Waals surface area contributed by atoms with Gasteiger partial charge in [-0.25, -0.2) is 9.97 Å². The van der Waals surface area contributed by atoms with Crippen molar-refractivity contribution in [2.45, 2.75) is 24.8 Å². The number of aromatic nitrogens is 2. The first-order valence-corrected chi connectivity index (χ1v) is 11.9. The molecule has 7 nitrogen and oxygen atoms in total. The van der Waals surface area contributed by atoms with Gasteiger partial charge < -0.3 is 20.3 Å². The molecule has 1 amide bonds. The quantitative estimate of drug-likeness (QED) is 0.619. The van der Waals surface area contributed by atoms with E-state index < -0.39 is 0 Å². The van der Waals surface area contributed by atoms with E-state index in [1.165, 1.54) is 0 Å². The number of amides is 1. The van der Waals surface area contributed by atoms with Gasteiger partial charge in [0.05, 0.1) is 18.1 Å². The van der Waals surface area contributed by atoms with Crippen molar-refractivity contribution in [3.8, 4) is 10.4 Å². The molecule has 1 aromatic carbocycles. The summed E-state index contributed by atoms with van der Waals surface area (Å²) >= 11 is 1.62. The molecule has 8 heteroatoms. The van der Waals surface area contributed by atoms with Crippen LogP contribution in [0.2, 0.25) is 0 Å². The highest BCUT2D eigenvalue weighted by Crippen LogP contribution is 2.31. The van der Waals surface area contributed by atoms with Gasteiger partial charge in [0, 0.05) is 37.4 Å². The van der Waals surface area contributed by atoms with Crippen LogP contribution in [0.3, 0.4) is 0 Å². The van der Waals surface area contributed by atoms with Crippen LogP contribution in [0.25, 0.3) is 10.4 Å². The summed E-state index contributed by atoms with van der Waals surface area (Å²) in [6, 6.07) is 16.1.